The zero-order valence-corrected chi connectivity index (χ0v) is 20.2. The van der Waals surface area contributed by atoms with Crippen molar-refractivity contribution in [2.45, 2.75) is 96.8 Å². The number of rotatable bonds is 12. The Labute approximate surface area is 196 Å². The van der Waals surface area contributed by atoms with Crippen LogP contribution >= 0.6 is 0 Å². The lowest BCUT2D eigenvalue weighted by atomic mass is 9.78. The van der Waals surface area contributed by atoms with Gasteiger partial charge in [0, 0.05) is 0 Å². The highest BCUT2D eigenvalue weighted by molar-refractivity contribution is 5.75. The Kier molecular flexibility index (Phi) is 10.6. The van der Waals surface area contributed by atoms with Crippen LogP contribution in [0.5, 0.6) is 11.5 Å². The number of allylic oxidation sites excluding steroid dienone is 1. The fourth-order valence-electron chi connectivity index (χ4n) is 5.45. The Bertz CT molecular complexity index is 664. The van der Waals surface area contributed by atoms with E-state index in [1.807, 2.05) is 30.3 Å². The van der Waals surface area contributed by atoms with E-state index >= 15 is 0 Å². The molecule has 2 saturated carbocycles. The molecule has 0 saturated heterocycles. The van der Waals surface area contributed by atoms with Crippen LogP contribution in [0.4, 0.5) is 0 Å². The first-order valence-electron chi connectivity index (χ1n) is 13.2. The molecule has 0 aliphatic heterocycles. The van der Waals surface area contributed by atoms with Crippen molar-refractivity contribution in [2.24, 2.45) is 23.7 Å². The standard InChI is InChI=1S/C29H44O3/c1-3-5-6-8-24-10-12-25(13-11-24)9-7-22-31-27-18-20-28(21-19-27)32-29(30)26-16-14-23(4-2)15-17-26/h4,18-21,23-26H,2-3,5-17,22H2,1H3/t23-,24-,25-,26-. The zero-order chi connectivity index (χ0) is 22.6. The summed E-state index contributed by atoms with van der Waals surface area (Å²) < 4.78 is 11.5. The van der Waals surface area contributed by atoms with E-state index in [2.05, 4.69) is 13.5 Å². The summed E-state index contributed by atoms with van der Waals surface area (Å²) in [7, 11) is 0. The van der Waals surface area contributed by atoms with Gasteiger partial charge in [0.2, 0.25) is 0 Å². The number of hydrogen-bond donors (Lipinski definition) is 0. The highest BCUT2D eigenvalue weighted by Gasteiger charge is 2.26. The van der Waals surface area contributed by atoms with Gasteiger partial charge in [-0.2, -0.15) is 0 Å². The average molecular weight is 441 g/mol. The van der Waals surface area contributed by atoms with Crippen LogP contribution in [-0.2, 0) is 4.79 Å². The van der Waals surface area contributed by atoms with Crippen LogP contribution in [-0.4, -0.2) is 12.6 Å². The maximum Gasteiger partial charge on any atom is 0.314 e. The van der Waals surface area contributed by atoms with E-state index in [1.165, 1.54) is 57.8 Å². The molecule has 3 heteroatoms. The SMILES string of the molecule is C=C[C@H]1CC[C@H](C(=O)Oc2ccc(OCCC[C@H]3CC[C@H](CCCCC)CC3)cc2)CC1. The summed E-state index contributed by atoms with van der Waals surface area (Å²) in [4.78, 5) is 12.4. The van der Waals surface area contributed by atoms with Crippen molar-refractivity contribution in [3.63, 3.8) is 0 Å². The minimum atomic E-state index is -0.0961. The number of benzene rings is 1. The molecule has 0 aromatic heterocycles. The molecular formula is C29H44O3. The smallest absolute Gasteiger partial charge is 0.314 e. The van der Waals surface area contributed by atoms with Gasteiger partial charge in [0.15, 0.2) is 0 Å². The second-order valence-corrected chi connectivity index (χ2v) is 10.1. The van der Waals surface area contributed by atoms with Gasteiger partial charge >= 0.3 is 5.97 Å². The summed E-state index contributed by atoms with van der Waals surface area (Å²) in [5, 5.41) is 0. The van der Waals surface area contributed by atoms with E-state index in [4.69, 9.17) is 9.47 Å². The van der Waals surface area contributed by atoms with Gasteiger partial charge in [-0.3, -0.25) is 4.79 Å². The van der Waals surface area contributed by atoms with Crippen LogP contribution < -0.4 is 9.47 Å². The first-order chi connectivity index (χ1) is 15.7. The van der Waals surface area contributed by atoms with E-state index < -0.39 is 0 Å². The van der Waals surface area contributed by atoms with Gasteiger partial charge in [-0.15, -0.1) is 6.58 Å². The van der Waals surface area contributed by atoms with E-state index in [-0.39, 0.29) is 11.9 Å². The highest BCUT2D eigenvalue weighted by atomic mass is 16.5. The lowest BCUT2D eigenvalue weighted by Crippen LogP contribution is -2.25. The van der Waals surface area contributed by atoms with Gasteiger partial charge in [0.25, 0.3) is 0 Å². The third-order valence-corrected chi connectivity index (χ3v) is 7.69. The van der Waals surface area contributed by atoms with Gasteiger partial charge in [0.05, 0.1) is 12.5 Å². The summed E-state index contributed by atoms with van der Waals surface area (Å²) >= 11 is 0. The highest BCUT2D eigenvalue weighted by Crippen LogP contribution is 2.34. The summed E-state index contributed by atoms with van der Waals surface area (Å²) in [5.41, 5.74) is 0. The van der Waals surface area contributed by atoms with Gasteiger partial charge in [-0.1, -0.05) is 64.4 Å². The summed E-state index contributed by atoms with van der Waals surface area (Å²) in [6, 6.07) is 7.53. The Morgan fingerprint density at radius 1 is 0.875 bits per heavy atom. The van der Waals surface area contributed by atoms with E-state index in [0.717, 1.165) is 56.3 Å². The molecule has 0 N–H and O–H groups in total. The molecule has 0 spiro atoms. The number of unbranched alkanes of at least 4 members (excludes halogenated alkanes) is 2. The fraction of sp³-hybridized carbons (Fsp3) is 0.690. The Hall–Kier alpha value is -1.77. The summed E-state index contributed by atoms with van der Waals surface area (Å²) in [6.07, 6.45) is 19.6. The maximum absolute atomic E-state index is 12.4. The fourth-order valence-corrected chi connectivity index (χ4v) is 5.45. The van der Waals surface area contributed by atoms with Crippen LogP contribution in [0.1, 0.15) is 96.8 Å². The molecule has 1 aromatic carbocycles. The normalized spacial score (nSPS) is 25.8. The van der Waals surface area contributed by atoms with Crippen molar-refractivity contribution in [1.82, 2.24) is 0 Å². The topological polar surface area (TPSA) is 35.5 Å². The van der Waals surface area contributed by atoms with Gasteiger partial charge in [0.1, 0.15) is 11.5 Å². The zero-order valence-electron chi connectivity index (χ0n) is 20.2. The van der Waals surface area contributed by atoms with Crippen LogP contribution in [0.25, 0.3) is 0 Å². The van der Waals surface area contributed by atoms with Gasteiger partial charge < -0.3 is 9.47 Å². The second-order valence-electron chi connectivity index (χ2n) is 10.1. The number of esters is 1. The Balaban J connectivity index is 1.28. The van der Waals surface area contributed by atoms with Gasteiger partial charge in [-0.05, 0) is 80.5 Å². The predicted octanol–water partition coefficient (Wildman–Crippen LogP) is 8.13. The number of carbonyl (C=O) groups is 1. The third kappa shape index (κ3) is 8.30. The van der Waals surface area contributed by atoms with E-state index in [0.29, 0.717) is 11.7 Å². The molecule has 178 valence electrons. The minimum Gasteiger partial charge on any atom is -0.494 e. The molecule has 2 aliphatic carbocycles. The molecule has 0 unspecified atom stereocenters. The predicted molar refractivity (Wildman–Crippen MR) is 132 cm³/mol. The molecule has 2 fully saturated rings. The largest absolute Gasteiger partial charge is 0.494 e. The molecule has 0 heterocycles. The van der Waals surface area contributed by atoms with Crippen LogP contribution in [0.3, 0.4) is 0 Å². The number of carbonyl (C=O) groups excluding carboxylic acids is 1. The molecule has 0 radical (unpaired) electrons. The minimum absolute atomic E-state index is 0.0218. The average Bonchev–Trinajstić information content (AvgIpc) is 2.84. The van der Waals surface area contributed by atoms with Crippen molar-refractivity contribution in [2.75, 3.05) is 6.61 Å². The molecule has 3 nitrogen and oxygen atoms in total. The molecule has 0 atom stereocenters. The molecule has 1 aromatic rings. The number of hydrogen-bond acceptors (Lipinski definition) is 3. The van der Waals surface area contributed by atoms with E-state index in [1.54, 1.807) is 0 Å². The first kappa shape index (κ1) is 24.9. The second kappa shape index (κ2) is 13.7. The van der Waals surface area contributed by atoms with Crippen molar-refractivity contribution in [1.29, 1.82) is 0 Å². The van der Waals surface area contributed by atoms with Crippen molar-refractivity contribution in [3.05, 3.63) is 36.9 Å². The van der Waals surface area contributed by atoms with Crippen LogP contribution in [0, 0.1) is 23.7 Å². The Morgan fingerprint density at radius 2 is 1.47 bits per heavy atom. The van der Waals surface area contributed by atoms with E-state index in [9.17, 15) is 4.79 Å². The van der Waals surface area contributed by atoms with Gasteiger partial charge in [-0.25, -0.2) is 0 Å². The third-order valence-electron chi connectivity index (χ3n) is 7.69. The summed E-state index contributed by atoms with van der Waals surface area (Å²) in [5.74, 6) is 3.84. The lowest BCUT2D eigenvalue weighted by molar-refractivity contribution is -0.140. The van der Waals surface area contributed by atoms with Crippen molar-refractivity contribution in [3.8, 4) is 11.5 Å². The lowest BCUT2D eigenvalue weighted by Gasteiger charge is -2.28. The van der Waals surface area contributed by atoms with Crippen molar-refractivity contribution >= 4 is 5.97 Å². The summed E-state index contributed by atoms with van der Waals surface area (Å²) in [6.45, 7) is 6.92. The monoisotopic (exact) mass is 440 g/mol. The quantitative estimate of drug-likeness (QED) is 0.142. The molecule has 3 rings (SSSR count). The molecular weight excluding hydrogens is 396 g/mol. The number of ether oxygens (including phenoxy) is 2. The van der Waals surface area contributed by atoms with Crippen molar-refractivity contribution < 1.29 is 14.3 Å². The molecule has 0 bridgehead atoms. The maximum atomic E-state index is 12.4. The van der Waals surface area contributed by atoms with Crippen LogP contribution in [0.2, 0.25) is 0 Å². The Morgan fingerprint density at radius 3 is 2.06 bits per heavy atom. The molecule has 0 amide bonds. The molecule has 32 heavy (non-hydrogen) atoms. The molecule has 2 aliphatic rings. The first-order valence-corrected chi connectivity index (χ1v) is 13.2. The van der Waals surface area contributed by atoms with Crippen LogP contribution in [0.15, 0.2) is 36.9 Å².